The summed E-state index contributed by atoms with van der Waals surface area (Å²) in [5.41, 5.74) is 0.336. The smallest absolute Gasteiger partial charge is 0.260 e. The molecule has 0 spiro atoms. The van der Waals surface area contributed by atoms with Gasteiger partial charge in [-0.15, -0.1) is 0 Å². The van der Waals surface area contributed by atoms with E-state index in [1.165, 1.54) is 4.31 Å². The molecule has 0 bridgehead atoms. The molecule has 10 heteroatoms. The highest BCUT2D eigenvalue weighted by Crippen LogP contribution is 2.24. The molecule has 8 nitrogen and oxygen atoms in total. The van der Waals surface area contributed by atoms with Gasteiger partial charge < -0.3 is 14.2 Å². The number of halogens is 1. The van der Waals surface area contributed by atoms with Gasteiger partial charge >= 0.3 is 0 Å². The number of ether oxygens (including phenoxy) is 1. The number of carbonyl (C=O) groups is 1. The lowest BCUT2D eigenvalue weighted by molar-refractivity contribution is -0.134. The van der Waals surface area contributed by atoms with Crippen LogP contribution in [0.15, 0.2) is 33.7 Å². The Labute approximate surface area is 162 Å². The minimum atomic E-state index is -3.69. The Morgan fingerprint density at radius 1 is 1.19 bits per heavy atom. The van der Waals surface area contributed by atoms with Crippen molar-refractivity contribution < 1.29 is 22.5 Å². The number of piperazine rings is 1. The van der Waals surface area contributed by atoms with Crippen LogP contribution in [0.4, 0.5) is 0 Å². The summed E-state index contributed by atoms with van der Waals surface area (Å²) in [5.74, 6) is 0.620. The second-order valence-electron chi connectivity index (χ2n) is 6.18. The SMILES string of the molecule is Cc1noc(C)c1S(=O)(=O)N1CCN(C(=O)COc2ccc(Cl)cc2)CC1. The third kappa shape index (κ3) is 4.26. The van der Waals surface area contributed by atoms with Crippen molar-refractivity contribution in [3.05, 3.63) is 40.7 Å². The van der Waals surface area contributed by atoms with Crippen LogP contribution in [0.5, 0.6) is 5.75 Å². The van der Waals surface area contributed by atoms with E-state index in [1.54, 1.807) is 43.0 Å². The Bertz CT molecular complexity index is 899. The third-order valence-corrected chi connectivity index (χ3v) is 6.73. The molecule has 3 rings (SSSR count). The predicted molar refractivity (Wildman–Crippen MR) is 98.3 cm³/mol. The Morgan fingerprint density at radius 2 is 1.81 bits per heavy atom. The zero-order valence-electron chi connectivity index (χ0n) is 15.0. The summed E-state index contributed by atoms with van der Waals surface area (Å²) in [6.07, 6.45) is 0. The zero-order chi connectivity index (χ0) is 19.6. The molecule has 0 aliphatic carbocycles. The van der Waals surface area contributed by atoms with Crippen LogP contribution in [-0.4, -0.2) is 61.5 Å². The fraction of sp³-hybridized carbons (Fsp3) is 0.412. The molecule has 0 atom stereocenters. The summed E-state index contributed by atoms with van der Waals surface area (Å²) in [5, 5.41) is 4.30. The van der Waals surface area contributed by atoms with E-state index in [9.17, 15) is 13.2 Å². The Balaban J connectivity index is 1.56. The van der Waals surface area contributed by atoms with Gasteiger partial charge in [0.1, 0.15) is 16.3 Å². The third-order valence-electron chi connectivity index (χ3n) is 4.33. The number of benzene rings is 1. The van der Waals surface area contributed by atoms with E-state index in [0.717, 1.165) is 0 Å². The monoisotopic (exact) mass is 413 g/mol. The maximum Gasteiger partial charge on any atom is 0.260 e. The van der Waals surface area contributed by atoms with Crippen LogP contribution in [0.1, 0.15) is 11.5 Å². The quantitative estimate of drug-likeness (QED) is 0.742. The maximum atomic E-state index is 12.8. The number of hydrogen-bond donors (Lipinski definition) is 0. The molecule has 27 heavy (non-hydrogen) atoms. The number of carbonyl (C=O) groups excluding carboxylic acids is 1. The van der Waals surface area contributed by atoms with Gasteiger partial charge in [0.15, 0.2) is 12.4 Å². The second-order valence-corrected chi connectivity index (χ2v) is 8.49. The molecule has 0 radical (unpaired) electrons. The summed E-state index contributed by atoms with van der Waals surface area (Å²) in [4.78, 5) is 14.0. The van der Waals surface area contributed by atoms with E-state index >= 15 is 0 Å². The highest BCUT2D eigenvalue weighted by molar-refractivity contribution is 7.89. The van der Waals surface area contributed by atoms with Gasteiger partial charge in [-0.05, 0) is 38.1 Å². The minimum Gasteiger partial charge on any atom is -0.484 e. The molecule has 1 aromatic heterocycles. The average molecular weight is 414 g/mol. The average Bonchev–Trinajstić information content (AvgIpc) is 3.00. The number of rotatable bonds is 5. The van der Waals surface area contributed by atoms with Gasteiger partial charge in [0.25, 0.3) is 5.91 Å². The fourth-order valence-electron chi connectivity index (χ4n) is 2.92. The first-order valence-electron chi connectivity index (χ1n) is 8.38. The summed E-state index contributed by atoms with van der Waals surface area (Å²) < 4.78 is 37.4. The molecule has 1 saturated heterocycles. The van der Waals surface area contributed by atoms with E-state index in [1.807, 2.05) is 0 Å². The van der Waals surface area contributed by atoms with Crippen LogP contribution in [0.3, 0.4) is 0 Å². The molecule has 146 valence electrons. The Kier molecular flexibility index (Phi) is 5.73. The van der Waals surface area contributed by atoms with Gasteiger partial charge in [0.05, 0.1) is 0 Å². The fourth-order valence-corrected chi connectivity index (χ4v) is 4.76. The van der Waals surface area contributed by atoms with E-state index in [2.05, 4.69) is 5.16 Å². The van der Waals surface area contributed by atoms with Gasteiger partial charge in [-0.2, -0.15) is 4.31 Å². The molecule has 2 heterocycles. The molecule has 1 fully saturated rings. The van der Waals surface area contributed by atoms with E-state index in [0.29, 0.717) is 29.6 Å². The van der Waals surface area contributed by atoms with E-state index in [4.69, 9.17) is 20.9 Å². The molecule has 1 aliphatic rings. The summed E-state index contributed by atoms with van der Waals surface area (Å²) in [6.45, 7) is 4.06. The van der Waals surface area contributed by atoms with Crippen molar-refractivity contribution in [1.29, 1.82) is 0 Å². The first kappa shape index (κ1) is 19.7. The summed E-state index contributed by atoms with van der Waals surface area (Å²) in [6, 6.07) is 6.73. The lowest BCUT2D eigenvalue weighted by atomic mass is 10.3. The normalized spacial score (nSPS) is 15.7. The van der Waals surface area contributed by atoms with Crippen LogP contribution in [0.2, 0.25) is 5.02 Å². The van der Waals surface area contributed by atoms with Crippen LogP contribution < -0.4 is 4.74 Å². The summed E-state index contributed by atoms with van der Waals surface area (Å²) in [7, 11) is -3.69. The molecular formula is C17H20ClN3O5S. The van der Waals surface area contributed by atoms with E-state index in [-0.39, 0.29) is 36.3 Å². The lowest BCUT2D eigenvalue weighted by Crippen LogP contribution is -2.51. The molecular weight excluding hydrogens is 394 g/mol. The van der Waals surface area contributed by atoms with Crippen molar-refractivity contribution in [2.24, 2.45) is 0 Å². The van der Waals surface area contributed by atoms with Crippen molar-refractivity contribution >= 4 is 27.5 Å². The largest absolute Gasteiger partial charge is 0.484 e. The van der Waals surface area contributed by atoms with Crippen LogP contribution >= 0.6 is 11.6 Å². The predicted octanol–water partition coefficient (Wildman–Crippen LogP) is 1.86. The molecule has 1 aliphatic heterocycles. The number of nitrogens with zero attached hydrogens (tertiary/aromatic N) is 3. The number of hydrogen-bond acceptors (Lipinski definition) is 6. The number of aromatic nitrogens is 1. The molecule has 0 unspecified atom stereocenters. The van der Waals surface area contributed by atoms with Crippen molar-refractivity contribution in [2.75, 3.05) is 32.8 Å². The van der Waals surface area contributed by atoms with Gasteiger partial charge in [-0.25, -0.2) is 8.42 Å². The summed E-state index contributed by atoms with van der Waals surface area (Å²) >= 11 is 5.81. The van der Waals surface area contributed by atoms with Gasteiger partial charge in [-0.3, -0.25) is 4.79 Å². The Morgan fingerprint density at radius 3 is 2.37 bits per heavy atom. The molecule has 1 aromatic carbocycles. The highest BCUT2D eigenvalue weighted by Gasteiger charge is 2.34. The first-order chi connectivity index (χ1) is 12.8. The van der Waals surface area contributed by atoms with Crippen molar-refractivity contribution in [2.45, 2.75) is 18.7 Å². The number of aryl methyl sites for hydroxylation is 2. The van der Waals surface area contributed by atoms with Crippen LogP contribution in [0, 0.1) is 13.8 Å². The lowest BCUT2D eigenvalue weighted by Gasteiger charge is -2.33. The second kappa shape index (κ2) is 7.87. The van der Waals surface area contributed by atoms with Crippen LogP contribution in [0.25, 0.3) is 0 Å². The molecule has 0 N–H and O–H groups in total. The van der Waals surface area contributed by atoms with Crippen molar-refractivity contribution in [3.63, 3.8) is 0 Å². The maximum absolute atomic E-state index is 12.8. The number of sulfonamides is 1. The van der Waals surface area contributed by atoms with Gasteiger partial charge in [0.2, 0.25) is 10.0 Å². The Hall–Kier alpha value is -2.10. The minimum absolute atomic E-state index is 0.105. The van der Waals surface area contributed by atoms with Crippen LogP contribution in [-0.2, 0) is 14.8 Å². The first-order valence-corrected chi connectivity index (χ1v) is 10.2. The van der Waals surface area contributed by atoms with Crippen molar-refractivity contribution in [1.82, 2.24) is 14.4 Å². The molecule has 2 aromatic rings. The van der Waals surface area contributed by atoms with Gasteiger partial charge in [-0.1, -0.05) is 16.8 Å². The number of amides is 1. The zero-order valence-corrected chi connectivity index (χ0v) is 16.6. The molecule has 1 amide bonds. The molecule has 0 saturated carbocycles. The highest BCUT2D eigenvalue weighted by atomic mass is 35.5. The topological polar surface area (TPSA) is 93.0 Å². The van der Waals surface area contributed by atoms with Gasteiger partial charge in [0, 0.05) is 31.2 Å². The van der Waals surface area contributed by atoms with E-state index < -0.39 is 10.0 Å². The van der Waals surface area contributed by atoms with Crippen molar-refractivity contribution in [3.8, 4) is 5.75 Å². The standard InChI is InChI=1S/C17H20ClN3O5S/c1-12-17(13(2)26-19-12)27(23,24)21-9-7-20(8-10-21)16(22)11-25-15-5-3-14(18)4-6-15/h3-6H,7-11H2,1-2H3.